The van der Waals surface area contributed by atoms with E-state index in [4.69, 9.17) is 5.73 Å². The van der Waals surface area contributed by atoms with Gasteiger partial charge in [-0.25, -0.2) is 0 Å². The van der Waals surface area contributed by atoms with Crippen molar-refractivity contribution in [3.05, 3.63) is 51.1 Å². The van der Waals surface area contributed by atoms with Crippen molar-refractivity contribution in [2.75, 3.05) is 12.0 Å². The highest BCUT2D eigenvalue weighted by molar-refractivity contribution is 7.98. The van der Waals surface area contributed by atoms with Crippen LogP contribution in [0.2, 0.25) is 0 Å². The van der Waals surface area contributed by atoms with Gasteiger partial charge < -0.3 is 5.73 Å². The van der Waals surface area contributed by atoms with E-state index in [1.165, 1.54) is 18.3 Å². The molecule has 2 rings (SSSR count). The van der Waals surface area contributed by atoms with Crippen molar-refractivity contribution in [3.8, 4) is 0 Å². The van der Waals surface area contributed by atoms with Crippen LogP contribution in [-0.2, 0) is 6.18 Å². The molecule has 2 heterocycles. The predicted molar refractivity (Wildman–Crippen MR) is 86.6 cm³/mol. The van der Waals surface area contributed by atoms with Gasteiger partial charge in [-0.05, 0) is 36.3 Å². The van der Waals surface area contributed by atoms with E-state index in [1.807, 2.05) is 13.2 Å². The molecule has 23 heavy (non-hydrogen) atoms. The molecule has 0 fully saturated rings. The first-order valence-electron chi connectivity index (χ1n) is 6.20. The minimum atomic E-state index is -4.35. The van der Waals surface area contributed by atoms with Gasteiger partial charge in [0.2, 0.25) is 0 Å². The average Bonchev–Trinajstić information content (AvgIpc) is 2.93. The summed E-state index contributed by atoms with van der Waals surface area (Å²) in [5.74, 6) is 0. The summed E-state index contributed by atoms with van der Waals surface area (Å²) in [4.78, 5) is 12.9. The van der Waals surface area contributed by atoms with Crippen molar-refractivity contribution in [2.45, 2.75) is 18.3 Å². The highest BCUT2D eigenvalue weighted by Gasteiger charge is 2.32. The highest BCUT2D eigenvalue weighted by atomic mass is 32.2. The Morgan fingerprint density at radius 1 is 1.39 bits per heavy atom. The van der Waals surface area contributed by atoms with Crippen molar-refractivity contribution in [1.29, 1.82) is 0 Å². The number of pyridine rings is 1. The molecule has 0 saturated heterocycles. The van der Waals surface area contributed by atoms with E-state index in [-0.39, 0.29) is 15.9 Å². The van der Waals surface area contributed by atoms with E-state index in [1.54, 1.807) is 17.1 Å². The molecule has 2 aromatic heterocycles. The first-order valence-corrected chi connectivity index (χ1v) is 8.36. The maximum Gasteiger partial charge on any atom is 0.433 e. The number of nitrogens with two attached hydrogens (primary N) is 1. The fourth-order valence-corrected chi connectivity index (χ4v) is 2.45. The van der Waals surface area contributed by atoms with Gasteiger partial charge in [0.1, 0.15) is 11.4 Å². The smallest absolute Gasteiger partial charge is 0.392 e. The SMILES string of the molecule is CSC(C)c1ccc(C(F)(F)F)nc1.Nc1ccsc1[N+](=O)[O-]. The van der Waals surface area contributed by atoms with Crippen molar-refractivity contribution in [3.63, 3.8) is 0 Å². The number of nitrogens with zero attached hydrogens (tertiary/aromatic N) is 2. The lowest BCUT2D eigenvalue weighted by atomic mass is 10.2. The Balaban J connectivity index is 0.000000253. The minimum Gasteiger partial charge on any atom is -0.392 e. The number of rotatable bonds is 3. The molecule has 0 radical (unpaired) electrons. The maximum absolute atomic E-state index is 12.1. The van der Waals surface area contributed by atoms with Gasteiger partial charge in [-0.15, -0.1) is 0 Å². The van der Waals surface area contributed by atoms with Crippen LogP contribution in [0.5, 0.6) is 0 Å². The molecule has 0 saturated carbocycles. The Labute approximate surface area is 138 Å². The lowest BCUT2D eigenvalue weighted by molar-refractivity contribution is -0.379. The summed E-state index contributed by atoms with van der Waals surface area (Å²) in [5, 5.41) is 11.8. The van der Waals surface area contributed by atoms with Gasteiger partial charge >= 0.3 is 11.2 Å². The zero-order chi connectivity index (χ0) is 17.6. The molecule has 0 bridgehead atoms. The summed E-state index contributed by atoms with van der Waals surface area (Å²) < 4.78 is 36.4. The molecule has 0 aliphatic rings. The Morgan fingerprint density at radius 3 is 2.35 bits per heavy atom. The van der Waals surface area contributed by atoms with Crippen LogP contribution in [0.4, 0.5) is 23.9 Å². The maximum atomic E-state index is 12.1. The zero-order valence-electron chi connectivity index (χ0n) is 12.2. The van der Waals surface area contributed by atoms with E-state index in [0.717, 1.165) is 23.0 Å². The third kappa shape index (κ3) is 5.71. The molecule has 0 spiro atoms. The monoisotopic (exact) mass is 365 g/mol. The number of hydrogen-bond acceptors (Lipinski definition) is 6. The molecular weight excluding hydrogens is 351 g/mol. The molecule has 1 atom stereocenters. The van der Waals surface area contributed by atoms with Crippen molar-refractivity contribution in [2.24, 2.45) is 0 Å². The van der Waals surface area contributed by atoms with Crippen LogP contribution in [0.3, 0.4) is 0 Å². The fourth-order valence-electron chi connectivity index (χ4n) is 1.41. The van der Waals surface area contributed by atoms with E-state index >= 15 is 0 Å². The average molecular weight is 365 g/mol. The zero-order valence-corrected chi connectivity index (χ0v) is 13.8. The molecule has 2 aromatic rings. The van der Waals surface area contributed by atoms with Gasteiger partial charge in [0.05, 0.1) is 4.92 Å². The molecule has 1 unspecified atom stereocenters. The molecular formula is C13H14F3N3O2S2. The van der Waals surface area contributed by atoms with Crippen molar-refractivity contribution < 1.29 is 18.1 Å². The van der Waals surface area contributed by atoms with E-state index < -0.39 is 16.8 Å². The second-order valence-corrected chi connectivity index (χ2v) is 6.36. The number of alkyl halides is 3. The van der Waals surface area contributed by atoms with Gasteiger partial charge in [-0.3, -0.25) is 15.1 Å². The standard InChI is InChI=1S/C9H10F3NS.C4H4N2O2S/c1-6(14-2)7-3-4-8(13-5-7)9(10,11)12;5-3-1-2-9-4(3)6(7)8/h3-6H,1-2H3;1-2H,5H2. The first-order chi connectivity index (χ1) is 10.7. The molecule has 0 amide bonds. The van der Waals surface area contributed by atoms with Crippen molar-refractivity contribution in [1.82, 2.24) is 4.98 Å². The van der Waals surface area contributed by atoms with E-state index in [2.05, 4.69) is 4.98 Å². The topological polar surface area (TPSA) is 82.0 Å². The van der Waals surface area contributed by atoms with Gasteiger partial charge in [-0.1, -0.05) is 17.4 Å². The van der Waals surface area contributed by atoms with Crippen LogP contribution in [-0.4, -0.2) is 16.2 Å². The number of thioether (sulfide) groups is 1. The van der Waals surface area contributed by atoms with Crippen molar-refractivity contribution >= 4 is 33.8 Å². The Hall–Kier alpha value is -1.81. The van der Waals surface area contributed by atoms with Crippen LogP contribution in [0.1, 0.15) is 23.4 Å². The second kappa shape index (κ2) is 8.16. The second-order valence-electron chi connectivity index (χ2n) is 4.29. The van der Waals surface area contributed by atoms with Crippen LogP contribution in [0.25, 0.3) is 0 Å². The van der Waals surface area contributed by atoms with Crippen LogP contribution in [0, 0.1) is 10.1 Å². The highest BCUT2D eigenvalue weighted by Crippen LogP contribution is 2.30. The Kier molecular flexibility index (Phi) is 6.82. The van der Waals surface area contributed by atoms with Crippen LogP contribution in [0.15, 0.2) is 29.8 Å². The summed E-state index contributed by atoms with van der Waals surface area (Å²) in [5.41, 5.74) is 5.42. The third-order valence-electron chi connectivity index (χ3n) is 2.74. The number of hydrogen-bond donors (Lipinski definition) is 1. The number of nitrogen functional groups attached to an aromatic ring is 1. The third-order valence-corrected chi connectivity index (χ3v) is 4.60. The molecule has 126 valence electrons. The normalized spacial score (nSPS) is 12.2. The molecule has 10 heteroatoms. The molecule has 0 aliphatic heterocycles. The molecule has 5 nitrogen and oxygen atoms in total. The Morgan fingerprint density at radius 2 is 2.04 bits per heavy atom. The van der Waals surface area contributed by atoms with Gasteiger partial charge in [-0.2, -0.15) is 24.9 Å². The van der Waals surface area contributed by atoms with Gasteiger partial charge in [0, 0.05) is 11.4 Å². The number of anilines is 1. The lowest BCUT2D eigenvalue weighted by Crippen LogP contribution is -2.07. The molecule has 0 aliphatic carbocycles. The Bertz CT molecular complexity index is 645. The summed E-state index contributed by atoms with van der Waals surface area (Å²) in [6.07, 6.45) is -1.16. The van der Waals surface area contributed by atoms with Crippen LogP contribution < -0.4 is 5.73 Å². The quantitative estimate of drug-likeness (QED) is 0.626. The van der Waals surface area contributed by atoms with E-state index in [9.17, 15) is 23.3 Å². The summed E-state index contributed by atoms with van der Waals surface area (Å²) in [7, 11) is 0. The fraction of sp³-hybridized carbons (Fsp3) is 0.308. The summed E-state index contributed by atoms with van der Waals surface area (Å²) >= 11 is 2.60. The predicted octanol–water partition coefficient (Wildman–Crippen LogP) is 4.76. The number of thiophene rings is 1. The summed E-state index contributed by atoms with van der Waals surface area (Å²) in [6.45, 7) is 1.93. The molecule has 0 aromatic carbocycles. The summed E-state index contributed by atoms with van der Waals surface area (Å²) in [6, 6.07) is 4.00. The lowest BCUT2D eigenvalue weighted by Gasteiger charge is -2.09. The van der Waals surface area contributed by atoms with Gasteiger partial charge in [0.25, 0.3) is 0 Å². The largest absolute Gasteiger partial charge is 0.433 e. The van der Waals surface area contributed by atoms with E-state index in [0.29, 0.717) is 0 Å². The first kappa shape index (κ1) is 19.2. The van der Waals surface area contributed by atoms with Crippen LogP contribution >= 0.6 is 23.1 Å². The number of nitro groups is 1. The number of aromatic nitrogens is 1. The molecule has 2 N–H and O–H groups in total. The van der Waals surface area contributed by atoms with Gasteiger partial charge in [0.15, 0.2) is 0 Å². The minimum absolute atomic E-state index is 0.0231. The number of halogens is 3.